The van der Waals surface area contributed by atoms with E-state index >= 15 is 0 Å². The number of nitrogens with one attached hydrogen (secondary N) is 1. The molecule has 2 fully saturated rings. The van der Waals surface area contributed by atoms with Gasteiger partial charge in [0.15, 0.2) is 11.1 Å². The highest BCUT2D eigenvalue weighted by atomic mass is 16.6. The lowest BCUT2D eigenvalue weighted by Crippen LogP contribution is -2.72. The molecular formula is C19H29NO5. The number of amides is 1. The van der Waals surface area contributed by atoms with Crippen LogP contribution in [0.4, 0.5) is 0 Å². The minimum atomic E-state index is -0.907. The van der Waals surface area contributed by atoms with Crippen molar-refractivity contribution < 1.29 is 24.5 Å². The zero-order valence-corrected chi connectivity index (χ0v) is 14.9. The molecular weight excluding hydrogens is 322 g/mol. The van der Waals surface area contributed by atoms with Gasteiger partial charge in [0.05, 0.1) is 18.6 Å². The number of hydrogen-bond acceptors (Lipinski definition) is 5. The summed E-state index contributed by atoms with van der Waals surface area (Å²) in [4.78, 5) is 23.6. The van der Waals surface area contributed by atoms with E-state index in [1.54, 1.807) is 6.92 Å². The molecule has 2 saturated heterocycles. The maximum absolute atomic E-state index is 11.9. The van der Waals surface area contributed by atoms with Crippen molar-refractivity contribution in [3.8, 4) is 0 Å². The summed E-state index contributed by atoms with van der Waals surface area (Å²) in [6.07, 6.45) is 9.53. The Morgan fingerprint density at radius 2 is 2.12 bits per heavy atom. The van der Waals surface area contributed by atoms with Crippen LogP contribution in [0.25, 0.3) is 0 Å². The molecule has 0 radical (unpaired) electrons. The summed E-state index contributed by atoms with van der Waals surface area (Å²) in [7, 11) is 0. The number of fused-ring (bicyclic) bond motifs is 1. The lowest BCUT2D eigenvalue weighted by Gasteiger charge is -2.49. The van der Waals surface area contributed by atoms with Gasteiger partial charge in [0.2, 0.25) is 5.91 Å². The fraction of sp³-hybridized carbons (Fsp3) is 0.789. The van der Waals surface area contributed by atoms with E-state index in [0.717, 1.165) is 19.3 Å². The van der Waals surface area contributed by atoms with Crippen molar-refractivity contribution in [2.24, 2.45) is 5.92 Å². The number of esters is 1. The Morgan fingerprint density at radius 1 is 1.32 bits per heavy atom. The molecule has 6 nitrogen and oxygen atoms in total. The zero-order valence-electron chi connectivity index (χ0n) is 14.9. The van der Waals surface area contributed by atoms with Gasteiger partial charge >= 0.3 is 5.97 Å². The van der Waals surface area contributed by atoms with Crippen molar-refractivity contribution in [3.63, 3.8) is 0 Å². The van der Waals surface area contributed by atoms with Crippen molar-refractivity contribution in [2.75, 3.05) is 0 Å². The lowest BCUT2D eigenvalue weighted by molar-refractivity contribution is -0.212. The third kappa shape index (κ3) is 3.47. The molecule has 3 aliphatic rings. The normalized spacial score (nSPS) is 36.2. The minimum Gasteiger partial charge on any atom is -0.454 e. The predicted octanol–water partition coefficient (Wildman–Crippen LogP) is 1.59. The van der Waals surface area contributed by atoms with Crippen LogP contribution in [0.1, 0.15) is 64.7 Å². The molecule has 3 N–H and O–H groups in total. The number of rotatable bonds is 8. The number of aliphatic hydroxyl groups excluding tert-OH is 2. The summed E-state index contributed by atoms with van der Waals surface area (Å²) < 4.78 is 5.20. The molecule has 0 spiro atoms. The predicted molar refractivity (Wildman–Crippen MR) is 91.6 cm³/mol. The molecule has 25 heavy (non-hydrogen) atoms. The quantitative estimate of drug-likeness (QED) is 0.456. The monoisotopic (exact) mass is 351 g/mol. The molecule has 2 aliphatic heterocycles. The Morgan fingerprint density at radius 3 is 2.76 bits per heavy atom. The Bertz CT molecular complexity index is 562. The largest absolute Gasteiger partial charge is 0.454 e. The zero-order chi connectivity index (χ0) is 18.1. The number of carbonyl (C=O) groups excluding carboxylic acids is 2. The van der Waals surface area contributed by atoms with Gasteiger partial charge in [0.25, 0.3) is 0 Å². The average Bonchev–Trinajstić information content (AvgIpc) is 2.79. The first-order valence-electron chi connectivity index (χ1n) is 9.43. The Balaban J connectivity index is 1.40. The Labute approximate surface area is 148 Å². The highest BCUT2D eigenvalue weighted by molar-refractivity contribution is 5.99. The number of carbonyl (C=O) groups is 2. The van der Waals surface area contributed by atoms with Gasteiger partial charge in [-0.05, 0) is 58.3 Å². The van der Waals surface area contributed by atoms with Gasteiger partial charge in [-0.2, -0.15) is 0 Å². The van der Waals surface area contributed by atoms with E-state index in [2.05, 4.69) is 17.5 Å². The molecule has 1 aliphatic carbocycles. The van der Waals surface area contributed by atoms with Crippen LogP contribution < -0.4 is 5.32 Å². The summed E-state index contributed by atoms with van der Waals surface area (Å²) in [5.74, 6) is -0.314. The van der Waals surface area contributed by atoms with Crippen molar-refractivity contribution in [1.82, 2.24) is 5.32 Å². The third-order valence-corrected chi connectivity index (χ3v) is 6.09. The van der Waals surface area contributed by atoms with Gasteiger partial charge in [-0.25, -0.2) is 4.79 Å². The van der Waals surface area contributed by atoms with Crippen LogP contribution in [0.3, 0.4) is 0 Å². The van der Waals surface area contributed by atoms with Gasteiger partial charge in [-0.1, -0.05) is 12.2 Å². The number of hydrogen-bond donors (Lipinski definition) is 3. The highest BCUT2D eigenvalue weighted by Crippen LogP contribution is 2.48. The smallest absolute Gasteiger partial charge is 0.336 e. The van der Waals surface area contributed by atoms with Crippen LogP contribution in [-0.2, 0) is 14.3 Å². The Kier molecular flexibility index (Phi) is 5.21. The first kappa shape index (κ1) is 18.4. The van der Waals surface area contributed by atoms with Crippen LogP contribution >= 0.6 is 0 Å². The second-order valence-corrected chi connectivity index (χ2v) is 7.96. The molecule has 3 rings (SSSR count). The molecule has 0 bridgehead atoms. The molecule has 1 amide bonds. The van der Waals surface area contributed by atoms with Crippen LogP contribution in [0, 0.1) is 5.92 Å². The second-order valence-electron chi connectivity index (χ2n) is 7.96. The average molecular weight is 351 g/mol. The number of allylic oxidation sites excluding steroid dienone is 1. The minimum absolute atomic E-state index is 0.155. The molecule has 2 heterocycles. The first-order chi connectivity index (χ1) is 11.9. The van der Waals surface area contributed by atoms with E-state index in [9.17, 15) is 19.8 Å². The van der Waals surface area contributed by atoms with Crippen molar-refractivity contribution in [3.05, 3.63) is 12.2 Å². The number of ether oxygens (including phenoxy) is 1. The maximum Gasteiger partial charge on any atom is 0.336 e. The molecule has 5 atom stereocenters. The third-order valence-electron chi connectivity index (χ3n) is 6.09. The van der Waals surface area contributed by atoms with Crippen LogP contribution in [-0.4, -0.2) is 45.4 Å². The summed E-state index contributed by atoms with van der Waals surface area (Å²) in [5, 5.41) is 23.2. The fourth-order valence-electron chi connectivity index (χ4n) is 4.42. The first-order valence-corrected chi connectivity index (χ1v) is 9.43. The van der Waals surface area contributed by atoms with Crippen molar-refractivity contribution in [2.45, 2.75) is 88.1 Å². The van der Waals surface area contributed by atoms with Gasteiger partial charge in [0.1, 0.15) is 0 Å². The standard InChI is InChI=1S/C19H29NO5/c1-18-12-16(23)20-19(18,17(24)25-18)11-5-8-14(21)9-10-15(22)13-6-3-2-4-7-13/h3,6,13-15,21-22H,2,4-5,7-12H2,1H3,(H,20,23)/t13-,14-,15+,18+,19+/m1/s1. The molecule has 0 aromatic carbocycles. The highest BCUT2D eigenvalue weighted by Gasteiger charge is 2.71. The van der Waals surface area contributed by atoms with E-state index in [1.807, 2.05) is 0 Å². The summed E-state index contributed by atoms with van der Waals surface area (Å²) in [6, 6.07) is 0. The number of aliphatic hydroxyl groups is 2. The molecule has 0 aromatic heterocycles. The fourth-order valence-corrected chi connectivity index (χ4v) is 4.42. The molecule has 6 heteroatoms. The van der Waals surface area contributed by atoms with Gasteiger partial charge in [-0.15, -0.1) is 0 Å². The maximum atomic E-state index is 11.9. The van der Waals surface area contributed by atoms with Gasteiger partial charge in [0, 0.05) is 5.92 Å². The van der Waals surface area contributed by atoms with Crippen molar-refractivity contribution in [1.29, 1.82) is 0 Å². The van der Waals surface area contributed by atoms with Crippen molar-refractivity contribution >= 4 is 11.9 Å². The molecule has 0 saturated carbocycles. The van der Waals surface area contributed by atoms with E-state index in [-0.39, 0.29) is 24.2 Å². The SMILES string of the molecule is C[C@]12CC(=O)N[C@@]1(CCC[C@@H](O)CC[C@H](O)[C@@H]1C=CCCC1)C(=O)O2. The second kappa shape index (κ2) is 7.08. The van der Waals surface area contributed by atoms with E-state index in [1.165, 1.54) is 0 Å². The summed E-state index contributed by atoms with van der Waals surface area (Å²) >= 11 is 0. The topological polar surface area (TPSA) is 95.9 Å². The molecule has 140 valence electrons. The van der Waals surface area contributed by atoms with E-state index in [4.69, 9.17) is 4.74 Å². The Hall–Kier alpha value is -1.40. The summed E-state index contributed by atoms with van der Waals surface area (Å²) in [5.41, 5.74) is -1.65. The summed E-state index contributed by atoms with van der Waals surface area (Å²) in [6.45, 7) is 1.79. The van der Waals surface area contributed by atoms with E-state index in [0.29, 0.717) is 32.1 Å². The van der Waals surface area contributed by atoms with Gasteiger partial charge in [-0.3, -0.25) is 4.79 Å². The van der Waals surface area contributed by atoms with Crippen LogP contribution in [0.15, 0.2) is 12.2 Å². The molecule has 0 unspecified atom stereocenters. The lowest BCUT2D eigenvalue weighted by atomic mass is 9.73. The van der Waals surface area contributed by atoms with Gasteiger partial charge < -0.3 is 20.3 Å². The van der Waals surface area contributed by atoms with Crippen LogP contribution in [0.5, 0.6) is 0 Å². The molecule has 0 aromatic rings. The van der Waals surface area contributed by atoms with E-state index < -0.39 is 23.3 Å². The van der Waals surface area contributed by atoms with Crippen LogP contribution in [0.2, 0.25) is 0 Å².